The molecule has 8 nitrogen and oxygen atoms in total. The highest BCUT2D eigenvalue weighted by Crippen LogP contribution is 2.56. The largest absolute Gasteiger partial charge is 0.474 e. The second-order valence-corrected chi connectivity index (χ2v) is 9.04. The quantitative estimate of drug-likeness (QED) is 0.597. The minimum Gasteiger partial charge on any atom is -0.474 e. The summed E-state index contributed by atoms with van der Waals surface area (Å²) in [6, 6.07) is 10.7. The zero-order chi connectivity index (χ0) is 22.3. The maximum Gasteiger partial charge on any atom is 0.254 e. The third-order valence-electron chi connectivity index (χ3n) is 6.25. The average molecular weight is 452 g/mol. The number of benzene rings is 1. The van der Waals surface area contributed by atoms with Gasteiger partial charge in [-0.05, 0) is 61.4 Å². The van der Waals surface area contributed by atoms with Gasteiger partial charge >= 0.3 is 0 Å². The lowest BCUT2D eigenvalue weighted by Crippen LogP contribution is -2.58. The Balaban J connectivity index is 1.12. The molecule has 2 aliphatic rings. The zero-order valence-corrected chi connectivity index (χ0v) is 18.0. The predicted octanol–water partition coefficient (Wildman–Crippen LogP) is 3.14. The van der Waals surface area contributed by atoms with Crippen molar-refractivity contribution in [1.82, 2.24) is 20.1 Å². The molecule has 0 bridgehead atoms. The van der Waals surface area contributed by atoms with Gasteiger partial charge in [0.25, 0.3) is 11.8 Å². The van der Waals surface area contributed by atoms with Gasteiger partial charge in [0.05, 0.1) is 17.4 Å². The average Bonchev–Trinajstić information content (AvgIpc) is 3.21. The molecule has 0 saturated heterocycles. The van der Waals surface area contributed by atoms with Crippen LogP contribution in [0.1, 0.15) is 46.4 Å². The Kier molecular flexibility index (Phi) is 5.09. The van der Waals surface area contributed by atoms with Crippen molar-refractivity contribution in [3.63, 3.8) is 0 Å². The summed E-state index contributed by atoms with van der Waals surface area (Å²) in [4.78, 5) is 28.3. The second-order valence-electron chi connectivity index (χ2n) is 8.60. The van der Waals surface area contributed by atoms with E-state index in [1.165, 1.54) is 0 Å². The lowest BCUT2D eigenvalue weighted by molar-refractivity contribution is -0.0848. The Morgan fingerprint density at radius 2 is 2.00 bits per heavy atom. The van der Waals surface area contributed by atoms with Gasteiger partial charge in [-0.1, -0.05) is 17.7 Å². The van der Waals surface area contributed by atoms with Crippen LogP contribution in [0.2, 0.25) is 5.02 Å². The summed E-state index contributed by atoms with van der Waals surface area (Å²) in [5, 5.41) is 7.97. The van der Waals surface area contributed by atoms with Crippen LogP contribution < -0.4 is 15.8 Å². The third kappa shape index (κ3) is 3.93. The van der Waals surface area contributed by atoms with Crippen molar-refractivity contribution in [2.75, 3.05) is 0 Å². The van der Waals surface area contributed by atoms with E-state index in [4.69, 9.17) is 22.1 Å². The number of nitrogens with zero attached hydrogens (tertiary/aromatic N) is 3. The number of pyridine rings is 1. The summed E-state index contributed by atoms with van der Waals surface area (Å²) in [6.45, 7) is 0. The van der Waals surface area contributed by atoms with E-state index >= 15 is 0 Å². The number of primary amides is 1. The molecule has 2 saturated carbocycles. The number of nitrogens with one attached hydrogen (secondary N) is 1. The fourth-order valence-corrected chi connectivity index (χ4v) is 4.89. The SMILES string of the molecule is NC(=O)c1cccnc1OC1CC2(CC(NC(=O)c3cnn(-c4cccc(Cl)c4)c3)C2)C1. The molecule has 2 aromatic heterocycles. The van der Waals surface area contributed by atoms with E-state index in [2.05, 4.69) is 15.4 Å². The number of amides is 2. The molecular weight excluding hydrogens is 430 g/mol. The number of nitrogens with two attached hydrogens (primary N) is 1. The molecule has 9 heteroatoms. The number of hydrogen-bond acceptors (Lipinski definition) is 5. The van der Waals surface area contributed by atoms with Crippen molar-refractivity contribution >= 4 is 23.4 Å². The van der Waals surface area contributed by atoms with Gasteiger partial charge in [0.15, 0.2) is 0 Å². The van der Waals surface area contributed by atoms with E-state index in [9.17, 15) is 9.59 Å². The van der Waals surface area contributed by atoms with Gasteiger partial charge in [0, 0.05) is 23.5 Å². The number of aromatic nitrogens is 3. The van der Waals surface area contributed by atoms with Gasteiger partial charge in [-0.3, -0.25) is 9.59 Å². The molecule has 0 radical (unpaired) electrons. The van der Waals surface area contributed by atoms with Crippen LogP contribution in [0.25, 0.3) is 5.69 Å². The van der Waals surface area contributed by atoms with Gasteiger partial charge in [-0.25, -0.2) is 9.67 Å². The molecule has 2 heterocycles. The van der Waals surface area contributed by atoms with Crippen molar-refractivity contribution in [1.29, 1.82) is 0 Å². The summed E-state index contributed by atoms with van der Waals surface area (Å²) in [7, 11) is 0. The summed E-state index contributed by atoms with van der Waals surface area (Å²) in [5.41, 5.74) is 7.18. The predicted molar refractivity (Wildman–Crippen MR) is 118 cm³/mol. The Bertz CT molecular complexity index is 1180. The van der Waals surface area contributed by atoms with E-state index in [-0.39, 0.29) is 23.5 Å². The van der Waals surface area contributed by atoms with Gasteiger partial charge in [-0.15, -0.1) is 0 Å². The Labute approximate surface area is 189 Å². The number of halogens is 1. The van der Waals surface area contributed by atoms with Crippen LogP contribution in [0.3, 0.4) is 0 Å². The molecule has 32 heavy (non-hydrogen) atoms. The molecule has 2 amide bonds. The molecular formula is C23H22ClN5O3. The van der Waals surface area contributed by atoms with Crippen molar-refractivity contribution in [2.45, 2.75) is 37.8 Å². The number of ether oxygens (including phenoxy) is 1. The Morgan fingerprint density at radius 1 is 1.19 bits per heavy atom. The summed E-state index contributed by atoms with van der Waals surface area (Å²) >= 11 is 6.03. The fourth-order valence-electron chi connectivity index (χ4n) is 4.71. The first-order valence-electron chi connectivity index (χ1n) is 10.4. The van der Waals surface area contributed by atoms with Crippen LogP contribution in [-0.4, -0.2) is 38.7 Å². The van der Waals surface area contributed by atoms with Crippen LogP contribution >= 0.6 is 11.6 Å². The molecule has 0 aliphatic heterocycles. The summed E-state index contributed by atoms with van der Waals surface area (Å²) in [5.74, 6) is -0.391. The van der Waals surface area contributed by atoms with Crippen molar-refractivity contribution in [3.05, 3.63) is 71.1 Å². The van der Waals surface area contributed by atoms with Gasteiger partial charge in [-0.2, -0.15) is 5.10 Å². The van der Waals surface area contributed by atoms with Crippen molar-refractivity contribution in [3.8, 4) is 11.6 Å². The molecule has 3 aromatic rings. The highest BCUT2D eigenvalue weighted by molar-refractivity contribution is 6.30. The first-order chi connectivity index (χ1) is 15.4. The molecule has 164 valence electrons. The van der Waals surface area contributed by atoms with Gasteiger partial charge in [0.1, 0.15) is 11.7 Å². The molecule has 0 atom stereocenters. The Morgan fingerprint density at radius 3 is 2.75 bits per heavy atom. The lowest BCUT2D eigenvalue weighted by Gasteiger charge is -2.57. The monoisotopic (exact) mass is 451 g/mol. The maximum atomic E-state index is 12.6. The minimum absolute atomic E-state index is 0.00980. The van der Waals surface area contributed by atoms with Crippen LogP contribution in [0.5, 0.6) is 5.88 Å². The highest BCUT2D eigenvalue weighted by Gasteiger charge is 2.54. The number of carbonyl (C=O) groups excluding carboxylic acids is 2. The van der Waals surface area contributed by atoms with Gasteiger partial charge in [0.2, 0.25) is 5.88 Å². The van der Waals surface area contributed by atoms with Crippen molar-refractivity contribution in [2.24, 2.45) is 11.1 Å². The minimum atomic E-state index is -0.549. The van der Waals surface area contributed by atoms with E-state index in [1.807, 2.05) is 12.1 Å². The van der Waals surface area contributed by atoms with Crippen LogP contribution in [0.4, 0.5) is 0 Å². The van der Waals surface area contributed by atoms with E-state index in [0.29, 0.717) is 22.0 Å². The standard InChI is InChI=1S/C23H22ClN5O3/c24-15-3-1-4-17(7-15)29-13-14(12-27-29)21(31)28-16-8-23(9-16)10-18(11-23)32-22-19(20(25)30)5-2-6-26-22/h1-7,12-13,16,18H,8-11H2,(H2,25,30)(H,28,31). The number of carbonyl (C=O) groups is 2. The number of hydrogen-bond donors (Lipinski definition) is 2. The molecule has 2 aliphatic carbocycles. The smallest absolute Gasteiger partial charge is 0.254 e. The summed E-state index contributed by atoms with van der Waals surface area (Å²) in [6.07, 6.45) is 8.42. The molecule has 0 unspecified atom stereocenters. The van der Waals surface area contributed by atoms with Crippen LogP contribution in [0, 0.1) is 5.41 Å². The normalized spacial score (nSPS) is 23.8. The van der Waals surface area contributed by atoms with E-state index < -0.39 is 5.91 Å². The highest BCUT2D eigenvalue weighted by atomic mass is 35.5. The lowest BCUT2D eigenvalue weighted by atomic mass is 9.53. The maximum absolute atomic E-state index is 12.6. The van der Waals surface area contributed by atoms with Crippen LogP contribution in [-0.2, 0) is 0 Å². The van der Waals surface area contributed by atoms with Gasteiger partial charge < -0.3 is 15.8 Å². The topological polar surface area (TPSA) is 112 Å². The molecule has 2 fully saturated rings. The van der Waals surface area contributed by atoms with Crippen molar-refractivity contribution < 1.29 is 14.3 Å². The Hall–Kier alpha value is -3.39. The zero-order valence-electron chi connectivity index (χ0n) is 17.2. The molecule has 3 N–H and O–H groups in total. The third-order valence-corrected chi connectivity index (χ3v) is 6.48. The molecule has 5 rings (SSSR count). The first-order valence-corrected chi connectivity index (χ1v) is 10.8. The van der Waals surface area contributed by atoms with E-state index in [0.717, 1.165) is 31.4 Å². The van der Waals surface area contributed by atoms with E-state index in [1.54, 1.807) is 47.5 Å². The number of rotatable bonds is 6. The fraction of sp³-hybridized carbons (Fsp3) is 0.304. The second kappa shape index (κ2) is 7.94. The first kappa shape index (κ1) is 20.5. The molecule has 1 spiro atoms. The molecule has 1 aromatic carbocycles. The van der Waals surface area contributed by atoms with Crippen LogP contribution in [0.15, 0.2) is 55.0 Å². The summed E-state index contributed by atoms with van der Waals surface area (Å²) < 4.78 is 7.53.